The number of nitrogens with zero attached hydrogens (tertiary/aromatic N) is 3. The van der Waals surface area contributed by atoms with Crippen molar-refractivity contribution in [1.29, 1.82) is 0 Å². The maximum atomic E-state index is 13.1. The molecular formula is C19H19N3O2S. The first-order valence-electron chi connectivity index (χ1n) is 8.52. The van der Waals surface area contributed by atoms with Gasteiger partial charge >= 0.3 is 0 Å². The van der Waals surface area contributed by atoms with Gasteiger partial charge in [0.2, 0.25) is 5.91 Å². The van der Waals surface area contributed by atoms with Crippen LogP contribution >= 0.6 is 11.3 Å². The average molecular weight is 353 g/mol. The summed E-state index contributed by atoms with van der Waals surface area (Å²) in [6, 6.07) is 11.5. The molecule has 1 saturated heterocycles. The zero-order valence-corrected chi connectivity index (χ0v) is 14.6. The lowest BCUT2D eigenvalue weighted by Crippen LogP contribution is -2.41. The van der Waals surface area contributed by atoms with Crippen molar-refractivity contribution < 1.29 is 9.59 Å². The summed E-state index contributed by atoms with van der Waals surface area (Å²) in [6.07, 6.45) is 2.71. The van der Waals surface area contributed by atoms with Gasteiger partial charge in [-0.15, -0.1) is 0 Å². The van der Waals surface area contributed by atoms with E-state index in [1.54, 1.807) is 11.3 Å². The third kappa shape index (κ3) is 3.09. The molecule has 0 spiro atoms. The molecule has 1 aromatic carbocycles. The van der Waals surface area contributed by atoms with Crippen molar-refractivity contribution in [3.8, 4) is 0 Å². The summed E-state index contributed by atoms with van der Waals surface area (Å²) in [5.74, 6) is -0.110. The molecule has 0 N–H and O–H groups in total. The van der Waals surface area contributed by atoms with Crippen LogP contribution in [0.25, 0.3) is 0 Å². The highest BCUT2D eigenvalue weighted by Gasteiger charge is 2.34. The van der Waals surface area contributed by atoms with E-state index in [9.17, 15) is 9.59 Å². The number of hydrogen-bond acceptors (Lipinski definition) is 4. The molecule has 128 valence electrons. The maximum absolute atomic E-state index is 13.1. The fourth-order valence-corrected chi connectivity index (χ4v) is 4.17. The molecule has 0 bridgehead atoms. The fraction of sp³-hybridized carbons (Fsp3) is 0.316. The van der Waals surface area contributed by atoms with Gasteiger partial charge < -0.3 is 4.90 Å². The van der Waals surface area contributed by atoms with Gasteiger partial charge in [0.1, 0.15) is 5.71 Å². The third-order valence-corrected chi connectivity index (χ3v) is 5.42. The van der Waals surface area contributed by atoms with Crippen LogP contribution in [-0.2, 0) is 9.59 Å². The van der Waals surface area contributed by atoms with Crippen LogP contribution in [0.4, 0.5) is 5.69 Å². The summed E-state index contributed by atoms with van der Waals surface area (Å²) in [6.45, 7) is 0.748. The number of rotatable bonds is 3. The molecule has 25 heavy (non-hydrogen) atoms. The molecule has 0 radical (unpaired) electrons. The van der Waals surface area contributed by atoms with E-state index in [2.05, 4.69) is 16.5 Å². The van der Waals surface area contributed by atoms with Gasteiger partial charge in [-0.1, -0.05) is 18.2 Å². The molecule has 1 unspecified atom stereocenters. The lowest BCUT2D eigenvalue weighted by atomic mass is 10.1. The minimum absolute atomic E-state index is 0.0397. The Hall–Kier alpha value is -2.47. The quantitative estimate of drug-likeness (QED) is 0.847. The standard InChI is InChI=1S/C19H19N3O2S/c23-18-9-8-16(20-22(18)15-5-2-1-3-6-15)19(24)21-11-4-7-17(21)14-10-12-25-13-14/h1-3,5-6,10,12-13,17H,4,7-9,11H2. The molecule has 0 aliphatic carbocycles. The lowest BCUT2D eigenvalue weighted by Gasteiger charge is -2.28. The van der Waals surface area contributed by atoms with Gasteiger partial charge in [0.05, 0.1) is 11.7 Å². The average Bonchev–Trinajstić information content (AvgIpc) is 3.33. The van der Waals surface area contributed by atoms with E-state index in [1.165, 1.54) is 10.6 Å². The highest BCUT2D eigenvalue weighted by atomic mass is 32.1. The number of para-hydroxylation sites is 1. The second-order valence-electron chi connectivity index (χ2n) is 6.30. The van der Waals surface area contributed by atoms with E-state index in [4.69, 9.17) is 0 Å². The van der Waals surface area contributed by atoms with Crippen LogP contribution in [0.5, 0.6) is 0 Å². The third-order valence-electron chi connectivity index (χ3n) is 4.72. The number of benzene rings is 1. The molecule has 1 atom stereocenters. The summed E-state index contributed by atoms with van der Waals surface area (Å²) < 4.78 is 0. The van der Waals surface area contributed by atoms with Crippen LogP contribution in [0, 0.1) is 0 Å². The Bertz CT molecular complexity index is 801. The number of carbonyl (C=O) groups is 2. The van der Waals surface area contributed by atoms with Gasteiger partial charge in [0.15, 0.2) is 0 Å². The molecular weight excluding hydrogens is 334 g/mol. The topological polar surface area (TPSA) is 53.0 Å². The molecule has 6 heteroatoms. The Morgan fingerprint density at radius 3 is 2.76 bits per heavy atom. The molecule has 1 fully saturated rings. The van der Waals surface area contributed by atoms with Crippen LogP contribution in [-0.4, -0.2) is 29.0 Å². The minimum Gasteiger partial charge on any atom is -0.330 e. The van der Waals surface area contributed by atoms with E-state index in [0.717, 1.165) is 19.4 Å². The van der Waals surface area contributed by atoms with Crippen LogP contribution in [0.15, 0.2) is 52.3 Å². The Labute approximate surface area is 150 Å². The molecule has 5 nitrogen and oxygen atoms in total. The first-order chi connectivity index (χ1) is 12.2. The number of thiophene rings is 1. The van der Waals surface area contributed by atoms with Crippen molar-refractivity contribution in [3.63, 3.8) is 0 Å². The molecule has 2 aliphatic heterocycles. The minimum atomic E-state index is -0.0708. The van der Waals surface area contributed by atoms with E-state index in [-0.39, 0.29) is 17.9 Å². The number of hydrazone groups is 1. The van der Waals surface area contributed by atoms with Crippen LogP contribution < -0.4 is 5.01 Å². The second kappa shape index (κ2) is 6.80. The Balaban J connectivity index is 1.60. The summed E-state index contributed by atoms with van der Waals surface area (Å²) >= 11 is 1.65. The van der Waals surface area contributed by atoms with Gasteiger partial charge in [0, 0.05) is 19.4 Å². The van der Waals surface area contributed by atoms with E-state index >= 15 is 0 Å². The molecule has 2 amide bonds. The zero-order chi connectivity index (χ0) is 17.2. The van der Waals surface area contributed by atoms with Crippen molar-refractivity contribution in [2.45, 2.75) is 31.7 Å². The van der Waals surface area contributed by atoms with Crippen LogP contribution in [0.2, 0.25) is 0 Å². The molecule has 1 aromatic heterocycles. The van der Waals surface area contributed by atoms with Crippen molar-refractivity contribution in [2.75, 3.05) is 11.6 Å². The highest BCUT2D eigenvalue weighted by Crippen LogP contribution is 2.34. The van der Waals surface area contributed by atoms with Gasteiger partial charge in [-0.3, -0.25) is 9.59 Å². The molecule has 2 aromatic rings. The normalized spacial score (nSPS) is 20.7. The Kier molecular flexibility index (Phi) is 4.36. The van der Waals surface area contributed by atoms with Crippen LogP contribution in [0.3, 0.4) is 0 Å². The zero-order valence-electron chi connectivity index (χ0n) is 13.8. The molecule has 0 saturated carbocycles. The maximum Gasteiger partial charge on any atom is 0.270 e. The van der Waals surface area contributed by atoms with Gasteiger partial charge in [-0.2, -0.15) is 16.4 Å². The Morgan fingerprint density at radius 2 is 2.00 bits per heavy atom. The number of hydrogen-bond donors (Lipinski definition) is 0. The number of anilines is 1. The van der Waals surface area contributed by atoms with Crippen LogP contribution in [0.1, 0.15) is 37.3 Å². The van der Waals surface area contributed by atoms with Crippen molar-refractivity contribution in [3.05, 3.63) is 52.7 Å². The lowest BCUT2D eigenvalue weighted by molar-refractivity contribution is -0.125. The monoisotopic (exact) mass is 353 g/mol. The van der Waals surface area contributed by atoms with Crippen molar-refractivity contribution >= 4 is 34.6 Å². The van der Waals surface area contributed by atoms with Gasteiger partial charge in [0.25, 0.3) is 5.91 Å². The summed E-state index contributed by atoms with van der Waals surface area (Å²) in [5.41, 5.74) is 2.38. The second-order valence-corrected chi connectivity index (χ2v) is 7.08. The SMILES string of the molecule is O=C1CCC(C(=O)N2CCCC2c2ccsc2)=NN1c1ccccc1. The summed E-state index contributed by atoms with van der Waals surface area (Å²) in [7, 11) is 0. The number of amides is 2. The highest BCUT2D eigenvalue weighted by molar-refractivity contribution is 7.08. The number of likely N-dealkylation sites (tertiary alicyclic amines) is 1. The van der Waals surface area contributed by atoms with Crippen molar-refractivity contribution in [1.82, 2.24) is 4.90 Å². The number of carbonyl (C=O) groups excluding carboxylic acids is 2. The van der Waals surface area contributed by atoms with E-state index < -0.39 is 0 Å². The van der Waals surface area contributed by atoms with Gasteiger partial charge in [-0.25, -0.2) is 5.01 Å². The molecule has 4 rings (SSSR count). The largest absolute Gasteiger partial charge is 0.330 e. The summed E-state index contributed by atoms with van der Waals surface area (Å²) in [5, 5.41) is 9.93. The van der Waals surface area contributed by atoms with Crippen molar-refractivity contribution in [2.24, 2.45) is 5.10 Å². The van der Waals surface area contributed by atoms with E-state index in [0.29, 0.717) is 24.2 Å². The molecule has 2 aliphatic rings. The predicted molar refractivity (Wildman–Crippen MR) is 98.6 cm³/mol. The first kappa shape index (κ1) is 16.0. The molecule has 3 heterocycles. The fourth-order valence-electron chi connectivity index (χ4n) is 3.47. The van der Waals surface area contributed by atoms with Gasteiger partial charge in [-0.05, 0) is 47.4 Å². The Morgan fingerprint density at radius 1 is 1.16 bits per heavy atom. The smallest absolute Gasteiger partial charge is 0.270 e. The predicted octanol–water partition coefficient (Wildman–Crippen LogP) is 3.59. The van der Waals surface area contributed by atoms with E-state index in [1.807, 2.05) is 40.6 Å². The first-order valence-corrected chi connectivity index (χ1v) is 9.47. The summed E-state index contributed by atoms with van der Waals surface area (Å²) in [4.78, 5) is 27.2.